The molecule has 0 aromatic heterocycles. The van der Waals surface area contributed by atoms with Crippen molar-refractivity contribution in [3.05, 3.63) is 0 Å². The van der Waals surface area contributed by atoms with Gasteiger partial charge in [-0.05, 0) is 12.7 Å². The van der Waals surface area contributed by atoms with Gasteiger partial charge in [0.25, 0.3) is 0 Å². The molecule has 238 valence electrons. The Morgan fingerprint density at radius 2 is 1.02 bits per heavy atom. The quantitative estimate of drug-likeness (QED) is 0.0583. The minimum atomic E-state index is -6.89. The number of phosphoric acid groups is 1. The number of carbonyl (C=O) groups excluding carboxylic acids is 2. The van der Waals surface area contributed by atoms with E-state index in [-0.39, 0.29) is 0 Å². The minimum Gasteiger partial charge on any atom is -0.462 e. The highest BCUT2D eigenvalue weighted by Crippen LogP contribution is 2.35. The summed E-state index contributed by atoms with van der Waals surface area (Å²) in [6, 6.07) is 0. The molecule has 0 aliphatic heterocycles. The zero-order valence-electron chi connectivity index (χ0n) is 78.3. The predicted molar refractivity (Wildman–Crippen MR) is 161 cm³/mol. The Kier molecular flexibility index (Phi) is 4.23. The highest BCUT2D eigenvalue weighted by Gasteiger charge is 2.22. The number of carbonyl (C=O) groups is 2. The molecule has 0 saturated heterocycles. The van der Waals surface area contributed by atoms with Crippen molar-refractivity contribution in [2.24, 2.45) is 0 Å². The molecule has 40 heavy (non-hydrogen) atoms. The first-order valence-corrected chi connectivity index (χ1v) is 10.7. The minimum absolute atomic E-state index is 3.54. The van der Waals surface area contributed by atoms with Gasteiger partial charge in [0.2, 0.25) is 0 Å². The van der Waals surface area contributed by atoms with Gasteiger partial charge in [-0.25, -0.2) is 4.57 Å². The third-order valence-electron chi connectivity index (χ3n) is 2.27. The molecule has 9 heteroatoms. The number of hydrogen-bond donors (Lipinski definition) is 2. The van der Waals surface area contributed by atoms with Crippen LogP contribution in [0.1, 0.15) is 248 Å². The summed E-state index contributed by atoms with van der Waals surface area (Å²) >= 11 is 0. The van der Waals surface area contributed by atoms with Crippen LogP contribution < -0.4 is 0 Å². The maximum Gasteiger partial charge on any atom is 0.469 e. The van der Waals surface area contributed by atoms with Gasteiger partial charge < -0.3 is 19.3 Å². The van der Waals surface area contributed by atoms with E-state index >= 15 is 0 Å². The molecule has 0 heterocycles. The first kappa shape index (κ1) is 6.00. The van der Waals surface area contributed by atoms with Crippen LogP contribution in [0.5, 0.6) is 0 Å². The first-order chi connectivity index (χ1) is 41.5. The zero-order valence-corrected chi connectivity index (χ0v) is 20.2. The van der Waals surface area contributed by atoms with Crippen LogP contribution in [0, 0.1) is 0 Å². The highest BCUT2D eigenvalue weighted by molar-refractivity contribution is 7.46. The monoisotopic (exact) mass is 652 g/mol. The van der Waals surface area contributed by atoms with Crippen LogP contribution in [0.3, 0.4) is 0 Å². The molecule has 0 aromatic carbocycles. The maximum absolute atomic E-state index is 13.9. The Hall–Kier alpha value is -0.950. The lowest BCUT2D eigenvalue weighted by atomic mass is 10.1. The van der Waals surface area contributed by atoms with Crippen LogP contribution in [-0.4, -0.2) is 40.9 Å². The van der Waals surface area contributed by atoms with Gasteiger partial charge in [0.1, 0.15) is 6.56 Å². The lowest BCUT2D eigenvalue weighted by Gasteiger charge is -2.18. The second-order valence-electron chi connectivity index (χ2n) is 4.89. The summed E-state index contributed by atoms with van der Waals surface area (Å²) in [5.74, 6) is -7.50. The molecular weight excluding hydrogens is 531 g/mol. The van der Waals surface area contributed by atoms with Gasteiger partial charge >= 0.3 is 19.8 Å². The van der Waals surface area contributed by atoms with Gasteiger partial charge in [0.15, 0.2) is 6.08 Å². The van der Waals surface area contributed by atoms with Crippen LogP contribution in [0.15, 0.2) is 0 Å². The van der Waals surface area contributed by atoms with Crippen molar-refractivity contribution in [1.82, 2.24) is 0 Å². The molecule has 0 saturated carbocycles. The standard InChI is InChI=1S/C31H61O8P/c1-3-5-7-9-11-13-15-17-19-21-23-25-30(32)37-27-29(28-38-40(34,35)36)39-31(33)26-24-22-20-18-16-14-12-10-8-6-4-2/h29H,3-28H2,1-2H3,(H2,34,35,36)/i1D3,2D3,3D2,4D2,5D2,6D2,7D2,8D2,9D2,10D2,11D2,12D2,13D2,14D2,15D2,16D2,17D2,18D2,19D2,20D2,21D2,22D2,23D2,24D2,25D2,26D2,27D2,28D2,29D. The molecule has 1 unspecified atom stereocenters. The second kappa shape index (κ2) is 28.2. The summed E-state index contributed by atoms with van der Waals surface area (Å²) in [6.07, 6.45) is -135. The number of esters is 2. The van der Waals surface area contributed by atoms with E-state index in [1.807, 2.05) is 0 Å². The van der Waals surface area contributed by atoms with Crippen molar-refractivity contribution in [1.29, 1.82) is 0 Å². The largest absolute Gasteiger partial charge is 0.469 e. The number of ether oxygens (including phenoxy) is 2. The molecule has 2 N–H and O–H groups in total. The number of phosphoric ester groups is 1. The van der Waals surface area contributed by atoms with Gasteiger partial charge in [-0.3, -0.25) is 14.1 Å². The molecule has 0 amide bonds. The fraction of sp³-hybridized carbons (Fsp3) is 0.935. The van der Waals surface area contributed by atoms with E-state index in [2.05, 4.69) is 14.0 Å². The molecule has 1 atom stereocenters. The van der Waals surface area contributed by atoms with E-state index in [9.17, 15) is 23.9 Å². The highest BCUT2D eigenvalue weighted by atomic mass is 31.2. The van der Waals surface area contributed by atoms with Crippen molar-refractivity contribution >= 4 is 19.8 Å². The van der Waals surface area contributed by atoms with Crippen LogP contribution in [0.25, 0.3) is 0 Å². The van der Waals surface area contributed by atoms with Crippen LogP contribution in [-0.2, 0) is 28.2 Å². The molecule has 0 aliphatic rings. The summed E-state index contributed by atoms with van der Waals surface area (Å²) in [6.45, 7) is -19.9. The van der Waals surface area contributed by atoms with Gasteiger partial charge in [0, 0.05) is 86.8 Å². The summed E-state index contributed by atoms with van der Waals surface area (Å²) in [7, 11) is -6.89. The Morgan fingerprint density at radius 1 is 0.650 bits per heavy atom. The van der Waals surface area contributed by atoms with Crippen LogP contribution in [0.2, 0.25) is 0 Å². The molecule has 0 bridgehead atoms. The third kappa shape index (κ3) is 30.0. The molecule has 0 spiro atoms. The SMILES string of the molecule is [2H]C([2H])([2H])C([2H])([2H])C([2H])([2H])C([2H])([2H])C([2H])([2H])C([2H])([2H])C([2H])([2H])C([2H])([2H])C([2H])([2H])C([2H])([2H])C([2H])([2H])C([2H])([2H])C([2H])([2H])C(=O)OC([2H])([2H])C([2H])(OC(=O)C([2H])([2H])C([2H])([2H])C([2H])([2H])C([2H])([2H])C([2H])([2H])C([2H])([2H])C([2H])([2H])C([2H])([2H])C([2H])([2H])C([2H])([2H])C([2H])([2H])C([2H])([2H])C([2H])([2H])[2H])C([2H])([2H])OP(=O)(O)O. The van der Waals surface area contributed by atoms with Crippen LogP contribution >= 0.6 is 7.82 Å². The van der Waals surface area contributed by atoms with E-state index in [1.54, 1.807) is 0 Å². The Bertz CT molecular complexity index is 3030. The summed E-state index contributed by atoms with van der Waals surface area (Å²) in [5, 5.41) is 0. The first-order valence-electron chi connectivity index (χ1n) is 38.7. The van der Waals surface area contributed by atoms with E-state index in [0.29, 0.717) is 0 Å². The normalized spacial score (nSPS) is 45.0. The Morgan fingerprint density at radius 3 is 1.43 bits per heavy atom. The Labute approximate surface area is 327 Å². The van der Waals surface area contributed by atoms with Crippen molar-refractivity contribution in [3.8, 4) is 0 Å². The second-order valence-corrected chi connectivity index (χ2v) is 6.06. The third-order valence-corrected chi connectivity index (χ3v) is 2.60. The lowest BCUT2D eigenvalue weighted by molar-refractivity contribution is -0.161. The van der Waals surface area contributed by atoms with Crippen LogP contribution in [0.4, 0.5) is 0 Å². The average Bonchev–Trinajstić information content (AvgIpc) is 0.686. The summed E-state index contributed by atoms with van der Waals surface area (Å²) in [4.78, 5) is 46.6. The predicted octanol–water partition coefficient (Wildman–Crippen LogP) is 8.95. The smallest absolute Gasteiger partial charge is 0.462 e. The Balaban J connectivity index is 8.40. The van der Waals surface area contributed by atoms with Crippen molar-refractivity contribution in [2.75, 3.05) is 13.1 Å². The molecule has 0 rings (SSSR count). The fourth-order valence-electron chi connectivity index (χ4n) is 1.13. The molecule has 0 radical (unpaired) electrons. The number of hydrogen-bond acceptors (Lipinski definition) is 6. The van der Waals surface area contributed by atoms with Crippen molar-refractivity contribution in [2.45, 2.75) is 173 Å². The van der Waals surface area contributed by atoms with Gasteiger partial charge in [-0.1, -0.05) is 141 Å². The summed E-state index contributed by atoms with van der Waals surface area (Å²) in [5.41, 5.74) is 0. The molecule has 0 aliphatic carbocycles. The fourth-order valence-corrected chi connectivity index (χ4v) is 1.33. The van der Waals surface area contributed by atoms with Gasteiger partial charge in [-0.2, -0.15) is 0 Å². The van der Waals surface area contributed by atoms with E-state index in [4.69, 9.17) is 80.9 Å². The van der Waals surface area contributed by atoms with Crippen molar-refractivity contribution < 1.29 is 119 Å². The van der Waals surface area contributed by atoms with E-state index in [0.717, 1.165) is 0 Å². The molecular formula is C31H61O8P. The molecule has 8 nitrogen and oxygen atoms in total. The van der Waals surface area contributed by atoms with Crippen molar-refractivity contribution in [3.63, 3.8) is 0 Å². The maximum atomic E-state index is 13.9. The average molecular weight is 652 g/mol. The summed E-state index contributed by atoms with van der Waals surface area (Å²) < 4.78 is 501. The topological polar surface area (TPSA) is 119 Å². The molecule has 0 fully saturated rings. The van der Waals surface area contributed by atoms with Gasteiger partial charge in [0.05, 0.1) is 13.4 Å². The van der Waals surface area contributed by atoms with E-state index < -0.39 is 206 Å². The molecule has 0 aromatic rings. The number of rotatable bonds is 30. The van der Waals surface area contributed by atoms with Gasteiger partial charge in [-0.15, -0.1) is 0 Å². The van der Waals surface area contributed by atoms with E-state index in [1.165, 1.54) is 0 Å². The zero-order chi connectivity index (χ0) is 82.3. The lowest BCUT2D eigenvalue weighted by Crippen LogP contribution is -2.29.